The van der Waals surface area contributed by atoms with Gasteiger partial charge >= 0.3 is 0 Å². The second kappa shape index (κ2) is 5.18. The van der Waals surface area contributed by atoms with Gasteiger partial charge in [0.25, 0.3) is 0 Å². The van der Waals surface area contributed by atoms with Crippen LogP contribution in [0.25, 0.3) is 5.82 Å². The molecule has 0 saturated carbocycles. The molecule has 0 bridgehead atoms. The molecule has 0 radical (unpaired) electrons. The van der Waals surface area contributed by atoms with Crippen molar-refractivity contribution in [3.8, 4) is 5.82 Å². The minimum atomic E-state index is -0.675. The van der Waals surface area contributed by atoms with Crippen molar-refractivity contribution in [1.82, 2.24) is 19.5 Å². The molecule has 3 rings (SSSR count). The molecule has 100 valence electrons. The first-order chi connectivity index (χ1) is 9.25. The summed E-state index contributed by atoms with van der Waals surface area (Å²) in [5.41, 5.74) is 0. The van der Waals surface area contributed by atoms with Crippen LogP contribution < -0.4 is 5.32 Å². The van der Waals surface area contributed by atoms with Crippen molar-refractivity contribution in [2.24, 2.45) is 0 Å². The van der Waals surface area contributed by atoms with E-state index >= 15 is 0 Å². The van der Waals surface area contributed by atoms with Crippen molar-refractivity contribution in [3.05, 3.63) is 31.0 Å². The number of nitrogens with zero attached hydrogens (tertiary/aromatic N) is 4. The predicted octanol–water partition coefficient (Wildman–Crippen LogP) is 1.86. The van der Waals surface area contributed by atoms with Gasteiger partial charge in [0.2, 0.25) is 5.95 Å². The molecule has 2 aromatic rings. The summed E-state index contributed by atoms with van der Waals surface area (Å²) in [6.45, 7) is 0.706. The van der Waals surface area contributed by atoms with Crippen molar-refractivity contribution in [2.75, 3.05) is 11.9 Å². The third kappa shape index (κ3) is 2.87. The van der Waals surface area contributed by atoms with E-state index in [1.165, 1.54) is 0 Å². The maximum absolute atomic E-state index is 5.65. The molecule has 1 unspecified atom stereocenters. The molecule has 1 atom stereocenters. The molecule has 0 spiro atoms. The Morgan fingerprint density at radius 1 is 1.37 bits per heavy atom. The normalized spacial score (nSPS) is 23.2. The quantitative estimate of drug-likeness (QED) is 0.662. The standard InChI is InChI=1S/C12H15N5OS/c19-12(4-1-2-8-18-12)16-11-14-5-3-10(15-11)17-7-6-13-9-17/h3,5-7,9,19H,1-2,4,8H2,(H,14,15,16). The lowest BCUT2D eigenvalue weighted by Gasteiger charge is -2.33. The van der Waals surface area contributed by atoms with E-state index in [0.717, 1.165) is 25.1 Å². The van der Waals surface area contributed by atoms with Crippen molar-refractivity contribution < 1.29 is 4.74 Å². The Morgan fingerprint density at radius 2 is 2.32 bits per heavy atom. The third-order valence-corrected chi connectivity index (χ3v) is 3.43. The molecular weight excluding hydrogens is 262 g/mol. The van der Waals surface area contributed by atoms with Gasteiger partial charge in [0.05, 0.1) is 6.61 Å². The second-order valence-corrected chi connectivity index (χ2v) is 5.15. The van der Waals surface area contributed by atoms with Crippen LogP contribution in [0.1, 0.15) is 19.3 Å². The van der Waals surface area contributed by atoms with Crippen molar-refractivity contribution in [3.63, 3.8) is 0 Å². The van der Waals surface area contributed by atoms with E-state index < -0.39 is 5.06 Å². The van der Waals surface area contributed by atoms with Crippen LogP contribution in [0.2, 0.25) is 0 Å². The van der Waals surface area contributed by atoms with Gasteiger partial charge in [-0.1, -0.05) is 0 Å². The lowest BCUT2D eigenvalue weighted by atomic mass is 10.2. The highest BCUT2D eigenvalue weighted by Gasteiger charge is 2.29. The molecule has 1 fully saturated rings. The van der Waals surface area contributed by atoms with Crippen LogP contribution in [0.4, 0.5) is 5.95 Å². The number of rotatable bonds is 3. The fourth-order valence-electron chi connectivity index (χ4n) is 2.00. The Kier molecular flexibility index (Phi) is 3.39. The lowest BCUT2D eigenvalue weighted by Crippen LogP contribution is -2.39. The minimum Gasteiger partial charge on any atom is -0.347 e. The fraction of sp³-hybridized carbons (Fsp3) is 0.417. The van der Waals surface area contributed by atoms with Crippen LogP contribution in [0.15, 0.2) is 31.0 Å². The number of aromatic nitrogens is 4. The number of ether oxygens (including phenoxy) is 1. The van der Waals surface area contributed by atoms with E-state index in [2.05, 4.69) is 32.9 Å². The SMILES string of the molecule is SC1(Nc2nccc(-n3ccnc3)n2)CCCCO1. The fourth-order valence-corrected chi connectivity index (χ4v) is 2.35. The molecule has 19 heavy (non-hydrogen) atoms. The maximum atomic E-state index is 5.65. The van der Waals surface area contributed by atoms with E-state index in [0.29, 0.717) is 12.6 Å². The number of hydrogen-bond acceptors (Lipinski definition) is 6. The molecule has 3 heterocycles. The molecule has 1 N–H and O–H groups in total. The maximum Gasteiger partial charge on any atom is 0.227 e. The summed E-state index contributed by atoms with van der Waals surface area (Å²) in [6, 6.07) is 1.82. The van der Waals surface area contributed by atoms with E-state index in [1.807, 2.05) is 16.8 Å². The van der Waals surface area contributed by atoms with E-state index in [4.69, 9.17) is 4.74 Å². The highest BCUT2D eigenvalue weighted by atomic mass is 32.1. The first-order valence-corrected chi connectivity index (χ1v) is 6.66. The van der Waals surface area contributed by atoms with E-state index in [1.54, 1.807) is 18.7 Å². The third-order valence-electron chi connectivity index (χ3n) is 2.97. The molecule has 1 aliphatic rings. The number of nitrogens with one attached hydrogen (secondary N) is 1. The predicted molar refractivity (Wildman–Crippen MR) is 74.3 cm³/mol. The molecule has 6 nitrogen and oxygen atoms in total. The Labute approximate surface area is 116 Å². The Hall–Kier alpha value is -1.60. The van der Waals surface area contributed by atoms with E-state index in [9.17, 15) is 0 Å². The zero-order valence-electron chi connectivity index (χ0n) is 10.4. The van der Waals surface area contributed by atoms with Gasteiger partial charge in [0.15, 0.2) is 5.06 Å². The molecule has 2 aromatic heterocycles. The first kappa shape index (κ1) is 12.4. The van der Waals surface area contributed by atoms with Gasteiger partial charge < -0.3 is 10.1 Å². The average Bonchev–Trinajstić information content (AvgIpc) is 2.93. The number of anilines is 1. The van der Waals surface area contributed by atoms with Gasteiger partial charge in [-0.3, -0.25) is 4.57 Å². The first-order valence-electron chi connectivity index (χ1n) is 6.21. The van der Waals surface area contributed by atoms with Crippen LogP contribution >= 0.6 is 12.6 Å². The zero-order chi connectivity index (χ0) is 13.1. The summed E-state index contributed by atoms with van der Waals surface area (Å²) in [5.74, 6) is 1.26. The molecule has 0 amide bonds. The molecule has 7 heteroatoms. The topological polar surface area (TPSA) is 64.9 Å². The minimum absolute atomic E-state index is 0.503. The molecule has 1 saturated heterocycles. The van der Waals surface area contributed by atoms with Gasteiger partial charge in [-0.25, -0.2) is 9.97 Å². The summed E-state index contributed by atoms with van der Waals surface area (Å²) < 4.78 is 7.47. The van der Waals surface area contributed by atoms with Gasteiger partial charge in [-0.05, 0) is 18.9 Å². The van der Waals surface area contributed by atoms with Crippen molar-refractivity contribution in [1.29, 1.82) is 0 Å². The van der Waals surface area contributed by atoms with Crippen LogP contribution in [0, 0.1) is 0 Å². The highest BCUT2D eigenvalue weighted by molar-refractivity contribution is 7.81. The van der Waals surface area contributed by atoms with Gasteiger partial charge in [0, 0.05) is 25.0 Å². The molecular formula is C12H15N5OS. The van der Waals surface area contributed by atoms with E-state index in [-0.39, 0.29) is 0 Å². The lowest BCUT2D eigenvalue weighted by molar-refractivity contribution is 0.00965. The number of hydrogen-bond donors (Lipinski definition) is 2. The van der Waals surface area contributed by atoms with Gasteiger partial charge in [-0.2, -0.15) is 4.98 Å². The largest absolute Gasteiger partial charge is 0.347 e. The van der Waals surface area contributed by atoms with Crippen LogP contribution in [0.3, 0.4) is 0 Å². The van der Waals surface area contributed by atoms with Crippen LogP contribution in [-0.4, -0.2) is 31.2 Å². The van der Waals surface area contributed by atoms with Crippen molar-refractivity contribution in [2.45, 2.75) is 24.3 Å². The number of imidazole rings is 1. The van der Waals surface area contributed by atoms with Gasteiger partial charge in [0.1, 0.15) is 12.1 Å². The number of thiol groups is 1. The van der Waals surface area contributed by atoms with Gasteiger partial charge in [-0.15, -0.1) is 12.6 Å². The molecule has 0 aromatic carbocycles. The van der Waals surface area contributed by atoms with Crippen molar-refractivity contribution >= 4 is 18.6 Å². The highest BCUT2D eigenvalue weighted by Crippen LogP contribution is 2.28. The molecule has 1 aliphatic heterocycles. The van der Waals surface area contributed by atoms with Crippen LogP contribution in [-0.2, 0) is 4.74 Å². The monoisotopic (exact) mass is 277 g/mol. The average molecular weight is 277 g/mol. The molecule has 0 aliphatic carbocycles. The summed E-state index contributed by atoms with van der Waals surface area (Å²) in [6.07, 6.45) is 9.91. The zero-order valence-corrected chi connectivity index (χ0v) is 11.3. The smallest absolute Gasteiger partial charge is 0.227 e. The summed E-state index contributed by atoms with van der Waals surface area (Å²) in [4.78, 5) is 12.6. The second-order valence-electron chi connectivity index (χ2n) is 4.42. The Bertz CT molecular complexity index is 539. The summed E-state index contributed by atoms with van der Waals surface area (Å²) in [5, 5.41) is 2.47. The Balaban J connectivity index is 1.80. The Morgan fingerprint density at radius 3 is 3.05 bits per heavy atom. The summed E-state index contributed by atoms with van der Waals surface area (Å²) >= 11 is 4.54. The summed E-state index contributed by atoms with van der Waals surface area (Å²) in [7, 11) is 0. The van der Waals surface area contributed by atoms with Crippen LogP contribution in [0.5, 0.6) is 0 Å².